The highest BCUT2D eigenvalue weighted by atomic mass is 35.5. The van der Waals surface area contributed by atoms with Gasteiger partial charge >= 0.3 is 5.97 Å². The van der Waals surface area contributed by atoms with E-state index in [1.807, 2.05) is 24.3 Å². The van der Waals surface area contributed by atoms with Gasteiger partial charge in [0.2, 0.25) is 5.91 Å². The van der Waals surface area contributed by atoms with Gasteiger partial charge in [-0.05, 0) is 42.3 Å². The third-order valence-corrected chi connectivity index (χ3v) is 5.23. The van der Waals surface area contributed by atoms with Crippen molar-refractivity contribution in [2.24, 2.45) is 5.92 Å². The van der Waals surface area contributed by atoms with Gasteiger partial charge < -0.3 is 15.0 Å². The molecule has 1 fully saturated rings. The number of hydrogen-bond donors (Lipinski definition) is 1. The Labute approximate surface area is 178 Å². The Morgan fingerprint density at radius 1 is 1.17 bits per heavy atom. The number of benzene rings is 2. The van der Waals surface area contributed by atoms with Crippen LogP contribution in [0.2, 0.25) is 10.0 Å². The average molecular weight is 435 g/mol. The molecule has 29 heavy (non-hydrogen) atoms. The zero-order chi connectivity index (χ0) is 21.0. The number of esters is 1. The second-order valence-electron chi connectivity index (χ2n) is 6.71. The van der Waals surface area contributed by atoms with Crippen molar-refractivity contribution in [3.05, 3.63) is 58.1 Å². The lowest BCUT2D eigenvalue weighted by molar-refractivity contribution is -0.151. The Morgan fingerprint density at radius 3 is 2.59 bits per heavy atom. The van der Waals surface area contributed by atoms with E-state index in [0.29, 0.717) is 15.7 Å². The van der Waals surface area contributed by atoms with Gasteiger partial charge in [-0.3, -0.25) is 14.4 Å². The molecule has 1 heterocycles. The van der Waals surface area contributed by atoms with Crippen LogP contribution in [0.3, 0.4) is 0 Å². The molecule has 1 N–H and O–H groups in total. The molecule has 0 unspecified atom stereocenters. The number of nitrogens with zero attached hydrogens (tertiary/aromatic N) is 1. The number of hydrogen-bond acceptors (Lipinski definition) is 4. The molecule has 3 rings (SSSR count). The minimum Gasteiger partial charge on any atom is -0.455 e. The van der Waals surface area contributed by atoms with Crippen LogP contribution in [0.5, 0.6) is 0 Å². The molecule has 0 radical (unpaired) electrons. The number of rotatable bonds is 6. The van der Waals surface area contributed by atoms with Crippen molar-refractivity contribution < 1.29 is 19.1 Å². The summed E-state index contributed by atoms with van der Waals surface area (Å²) in [6.07, 6.45) is 0.960. The lowest BCUT2D eigenvalue weighted by atomic mass is 10.1. The first kappa shape index (κ1) is 21.1. The molecule has 1 aliphatic heterocycles. The van der Waals surface area contributed by atoms with Crippen molar-refractivity contribution in [1.29, 1.82) is 0 Å². The zero-order valence-corrected chi connectivity index (χ0v) is 17.3. The normalized spacial score (nSPS) is 16.0. The lowest BCUT2D eigenvalue weighted by Gasteiger charge is -2.17. The molecule has 6 nitrogen and oxygen atoms in total. The largest absolute Gasteiger partial charge is 0.455 e. The molecule has 2 aromatic rings. The highest BCUT2D eigenvalue weighted by Gasteiger charge is 2.36. The predicted molar refractivity (Wildman–Crippen MR) is 112 cm³/mol. The summed E-state index contributed by atoms with van der Waals surface area (Å²) in [6.45, 7) is 1.81. The van der Waals surface area contributed by atoms with E-state index < -0.39 is 24.4 Å². The lowest BCUT2D eigenvalue weighted by Crippen LogP contribution is -2.28. The summed E-state index contributed by atoms with van der Waals surface area (Å²) in [7, 11) is 0. The van der Waals surface area contributed by atoms with Crippen LogP contribution in [0, 0.1) is 5.92 Å². The summed E-state index contributed by atoms with van der Waals surface area (Å²) in [6, 6.07) is 12.3. The minimum atomic E-state index is -0.615. The first-order valence-electron chi connectivity index (χ1n) is 9.18. The molecule has 152 valence electrons. The van der Waals surface area contributed by atoms with E-state index in [1.54, 1.807) is 17.0 Å². The Balaban J connectivity index is 1.53. The first-order valence-corrected chi connectivity index (χ1v) is 9.93. The van der Waals surface area contributed by atoms with Crippen molar-refractivity contribution in [2.45, 2.75) is 19.8 Å². The van der Waals surface area contributed by atoms with Gasteiger partial charge in [0.25, 0.3) is 5.91 Å². The van der Waals surface area contributed by atoms with Crippen molar-refractivity contribution in [3.8, 4) is 0 Å². The maximum atomic E-state index is 12.3. The number of aryl methyl sites for hydroxylation is 1. The van der Waals surface area contributed by atoms with Gasteiger partial charge in [-0.1, -0.05) is 42.3 Å². The van der Waals surface area contributed by atoms with Crippen LogP contribution < -0.4 is 10.2 Å². The quantitative estimate of drug-likeness (QED) is 0.694. The summed E-state index contributed by atoms with van der Waals surface area (Å²) >= 11 is 11.9. The number of anilines is 2. The number of nitrogens with one attached hydrogen (secondary N) is 1. The SMILES string of the molecule is CCc1ccc(N2C[C@H](C(=O)OCC(=O)Nc3cc(Cl)ccc3Cl)CC2=O)cc1. The summed E-state index contributed by atoms with van der Waals surface area (Å²) in [5.41, 5.74) is 2.25. The van der Waals surface area contributed by atoms with Crippen molar-refractivity contribution >= 4 is 52.4 Å². The summed E-state index contributed by atoms with van der Waals surface area (Å²) in [4.78, 5) is 38.2. The number of ether oxygens (including phenoxy) is 1. The second-order valence-corrected chi connectivity index (χ2v) is 7.55. The van der Waals surface area contributed by atoms with E-state index in [2.05, 4.69) is 12.2 Å². The number of halogens is 2. The van der Waals surface area contributed by atoms with Gasteiger partial charge in [0.05, 0.1) is 16.6 Å². The Hall–Kier alpha value is -2.57. The molecule has 0 aromatic heterocycles. The van der Waals surface area contributed by atoms with Crippen molar-refractivity contribution in [2.75, 3.05) is 23.4 Å². The number of carbonyl (C=O) groups is 3. The van der Waals surface area contributed by atoms with Crippen LogP contribution >= 0.6 is 23.2 Å². The second kappa shape index (κ2) is 9.29. The first-order chi connectivity index (χ1) is 13.9. The topological polar surface area (TPSA) is 75.7 Å². The molecular weight excluding hydrogens is 415 g/mol. The molecular formula is C21H20Cl2N2O4. The molecule has 2 aromatic carbocycles. The van der Waals surface area contributed by atoms with Gasteiger partial charge in [0, 0.05) is 23.7 Å². The van der Waals surface area contributed by atoms with Crippen LogP contribution in [0.15, 0.2) is 42.5 Å². The van der Waals surface area contributed by atoms with E-state index in [4.69, 9.17) is 27.9 Å². The van der Waals surface area contributed by atoms with Crippen LogP contribution in [-0.4, -0.2) is 30.9 Å². The van der Waals surface area contributed by atoms with E-state index in [1.165, 1.54) is 11.6 Å². The van der Waals surface area contributed by atoms with Crippen molar-refractivity contribution in [1.82, 2.24) is 0 Å². The Kier molecular flexibility index (Phi) is 6.77. The van der Waals surface area contributed by atoms with E-state index in [0.717, 1.165) is 12.1 Å². The van der Waals surface area contributed by atoms with Gasteiger partial charge in [0.1, 0.15) is 0 Å². The molecule has 2 amide bonds. The third-order valence-electron chi connectivity index (χ3n) is 4.66. The molecule has 1 atom stereocenters. The fourth-order valence-electron chi connectivity index (χ4n) is 3.06. The van der Waals surface area contributed by atoms with E-state index >= 15 is 0 Å². The average Bonchev–Trinajstić information content (AvgIpc) is 3.10. The molecule has 0 aliphatic carbocycles. The van der Waals surface area contributed by atoms with Crippen LogP contribution in [-0.2, 0) is 25.5 Å². The summed E-state index contributed by atoms with van der Waals surface area (Å²) < 4.78 is 5.09. The van der Waals surface area contributed by atoms with E-state index in [-0.39, 0.29) is 18.9 Å². The number of carbonyl (C=O) groups excluding carboxylic acids is 3. The maximum Gasteiger partial charge on any atom is 0.311 e. The molecule has 8 heteroatoms. The van der Waals surface area contributed by atoms with Crippen LogP contribution in [0.1, 0.15) is 18.9 Å². The van der Waals surface area contributed by atoms with Gasteiger partial charge in [-0.25, -0.2) is 0 Å². The standard InChI is InChI=1S/C21H20Cl2N2O4/c1-2-13-3-6-16(7-4-13)25-11-14(9-20(25)27)21(28)29-12-19(26)24-18-10-15(22)5-8-17(18)23/h3-8,10,14H,2,9,11-12H2,1H3,(H,24,26)/t14-/m1/s1. The van der Waals surface area contributed by atoms with Gasteiger partial charge in [-0.15, -0.1) is 0 Å². The molecule has 1 saturated heterocycles. The Morgan fingerprint density at radius 2 is 1.90 bits per heavy atom. The highest BCUT2D eigenvalue weighted by Crippen LogP contribution is 2.27. The molecule has 0 bridgehead atoms. The maximum absolute atomic E-state index is 12.3. The molecule has 0 spiro atoms. The van der Waals surface area contributed by atoms with Crippen molar-refractivity contribution in [3.63, 3.8) is 0 Å². The summed E-state index contributed by atoms with van der Waals surface area (Å²) in [5, 5.41) is 3.28. The fraction of sp³-hybridized carbons (Fsp3) is 0.286. The highest BCUT2D eigenvalue weighted by molar-refractivity contribution is 6.35. The smallest absolute Gasteiger partial charge is 0.311 e. The van der Waals surface area contributed by atoms with Gasteiger partial charge in [-0.2, -0.15) is 0 Å². The third kappa shape index (κ3) is 5.28. The molecule has 0 saturated carbocycles. The fourth-order valence-corrected chi connectivity index (χ4v) is 3.40. The Bertz CT molecular complexity index is 931. The minimum absolute atomic E-state index is 0.0517. The number of amides is 2. The zero-order valence-electron chi connectivity index (χ0n) is 15.8. The monoisotopic (exact) mass is 434 g/mol. The summed E-state index contributed by atoms with van der Waals surface area (Å²) in [5.74, 6) is -1.89. The van der Waals surface area contributed by atoms with Crippen LogP contribution in [0.4, 0.5) is 11.4 Å². The molecule has 1 aliphatic rings. The van der Waals surface area contributed by atoms with Crippen LogP contribution in [0.25, 0.3) is 0 Å². The van der Waals surface area contributed by atoms with Gasteiger partial charge in [0.15, 0.2) is 6.61 Å². The predicted octanol–water partition coefficient (Wildman–Crippen LogP) is 4.09. The van der Waals surface area contributed by atoms with E-state index in [9.17, 15) is 14.4 Å².